The van der Waals surface area contributed by atoms with Crippen LogP contribution in [0.1, 0.15) is 32.1 Å². The lowest BCUT2D eigenvalue weighted by atomic mass is 10.1. The molecule has 0 unspecified atom stereocenters. The summed E-state index contributed by atoms with van der Waals surface area (Å²) in [5.41, 5.74) is 0.0747. The molecule has 0 atom stereocenters. The summed E-state index contributed by atoms with van der Waals surface area (Å²) in [6, 6.07) is 0. The van der Waals surface area contributed by atoms with Crippen LogP contribution in [0.3, 0.4) is 0 Å². The monoisotopic (exact) mass is 227 g/mol. The van der Waals surface area contributed by atoms with Crippen LogP contribution in [0.5, 0.6) is 0 Å². The molecule has 1 aromatic rings. The van der Waals surface area contributed by atoms with Crippen molar-refractivity contribution in [2.75, 3.05) is 7.11 Å². The molecule has 6 nitrogen and oxygen atoms in total. The molecule has 0 aromatic carbocycles. The third kappa shape index (κ3) is 4.77. The number of nitrogens with zero attached hydrogens (tertiary/aromatic N) is 2. The van der Waals surface area contributed by atoms with Crippen molar-refractivity contribution in [1.82, 2.24) is 5.27 Å². The number of aryl methyl sites for hydroxylation is 1. The molecule has 0 amide bonds. The summed E-state index contributed by atoms with van der Waals surface area (Å²) in [5, 5.41) is 10.8. The molecule has 1 heterocycles. The van der Waals surface area contributed by atoms with Crippen LogP contribution in [0.2, 0.25) is 0 Å². The summed E-state index contributed by atoms with van der Waals surface area (Å²) in [6.45, 7) is 0.751. The molecule has 0 saturated heterocycles. The Hall–Kier alpha value is -1.59. The predicted octanol–water partition coefficient (Wildman–Crippen LogP) is 0.127. The number of unbranched alkanes of at least 4 members (excludes halogenated alkanes) is 3. The zero-order valence-corrected chi connectivity index (χ0v) is 9.44. The number of hydrogen-bond acceptors (Lipinski definition) is 4. The molecular formula is C10H17N3O3. The van der Waals surface area contributed by atoms with Crippen molar-refractivity contribution in [3.05, 3.63) is 11.8 Å². The SMILES string of the molecule is COC(=O)CCCCCC[n+]1cc(=N)o[n-]1. The minimum atomic E-state index is -0.148. The van der Waals surface area contributed by atoms with Gasteiger partial charge in [0.1, 0.15) is 6.54 Å². The normalized spacial score (nSPS) is 10.3. The Morgan fingerprint density at radius 2 is 2.25 bits per heavy atom. The highest BCUT2D eigenvalue weighted by Gasteiger charge is 2.00. The molecule has 0 fully saturated rings. The molecule has 0 spiro atoms. The molecule has 90 valence electrons. The van der Waals surface area contributed by atoms with Gasteiger partial charge in [0.2, 0.25) is 6.20 Å². The van der Waals surface area contributed by atoms with Crippen LogP contribution in [0, 0.1) is 5.41 Å². The number of hydrogen-bond donors (Lipinski definition) is 1. The molecule has 0 aliphatic carbocycles. The summed E-state index contributed by atoms with van der Waals surface area (Å²) in [4.78, 5) is 10.8. The van der Waals surface area contributed by atoms with Crippen molar-refractivity contribution >= 4 is 5.97 Å². The molecule has 6 heteroatoms. The first-order valence-corrected chi connectivity index (χ1v) is 5.37. The highest BCUT2D eigenvalue weighted by atomic mass is 16.5. The second-order valence-corrected chi connectivity index (χ2v) is 3.57. The van der Waals surface area contributed by atoms with E-state index in [4.69, 9.17) is 5.41 Å². The molecule has 16 heavy (non-hydrogen) atoms. The van der Waals surface area contributed by atoms with Crippen LogP contribution in [0.25, 0.3) is 0 Å². The van der Waals surface area contributed by atoms with Gasteiger partial charge >= 0.3 is 5.97 Å². The number of aromatic nitrogens is 2. The summed E-state index contributed by atoms with van der Waals surface area (Å²) in [5.74, 6) is -0.148. The van der Waals surface area contributed by atoms with Gasteiger partial charge in [-0.15, -0.1) is 0 Å². The minimum Gasteiger partial charge on any atom is -0.487 e. The number of ether oxygens (including phenoxy) is 1. The Kier molecular flexibility index (Phi) is 5.31. The largest absolute Gasteiger partial charge is 0.487 e. The van der Waals surface area contributed by atoms with Gasteiger partial charge in [-0.1, -0.05) is 6.42 Å². The van der Waals surface area contributed by atoms with Crippen molar-refractivity contribution in [3.8, 4) is 0 Å². The average Bonchev–Trinajstić information content (AvgIpc) is 2.69. The Morgan fingerprint density at radius 1 is 1.50 bits per heavy atom. The minimum absolute atomic E-state index is 0.0747. The van der Waals surface area contributed by atoms with E-state index >= 15 is 0 Å². The Morgan fingerprint density at radius 3 is 2.88 bits per heavy atom. The molecule has 0 bridgehead atoms. The van der Waals surface area contributed by atoms with Gasteiger partial charge in [-0.05, 0) is 12.8 Å². The van der Waals surface area contributed by atoms with Crippen LogP contribution >= 0.6 is 0 Å². The van der Waals surface area contributed by atoms with Crippen LogP contribution in [-0.4, -0.2) is 13.1 Å². The van der Waals surface area contributed by atoms with E-state index in [0.29, 0.717) is 6.42 Å². The first-order chi connectivity index (χ1) is 7.72. The van der Waals surface area contributed by atoms with Crippen molar-refractivity contribution in [1.29, 1.82) is 5.41 Å². The number of esters is 1. The van der Waals surface area contributed by atoms with Crippen LogP contribution < -0.4 is 15.5 Å². The third-order valence-electron chi connectivity index (χ3n) is 2.26. The van der Waals surface area contributed by atoms with Gasteiger partial charge in [-0.25, -0.2) is 4.68 Å². The van der Waals surface area contributed by atoms with E-state index in [1.165, 1.54) is 7.11 Å². The van der Waals surface area contributed by atoms with Crippen molar-refractivity contribution in [3.63, 3.8) is 0 Å². The summed E-state index contributed by atoms with van der Waals surface area (Å²) >= 11 is 0. The van der Waals surface area contributed by atoms with E-state index in [0.717, 1.165) is 32.2 Å². The molecule has 1 aromatic heterocycles. The highest BCUT2D eigenvalue weighted by Crippen LogP contribution is 2.03. The van der Waals surface area contributed by atoms with Crippen LogP contribution in [0.4, 0.5) is 0 Å². The second kappa shape index (κ2) is 6.81. The van der Waals surface area contributed by atoms with Crippen molar-refractivity contribution < 1.29 is 18.7 Å². The molecule has 0 saturated carbocycles. The Labute approximate surface area is 93.7 Å². The fourth-order valence-electron chi connectivity index (χ4n) is 1.38. The number of carbonyl (C=O) groups is 1. The lowest BCUT2D eigenvalue weighted by molar-refractivity contribution is -0.767. The van der Waals surface area contributed by atoms with E-state index in [1.807, 2.05) is 0 Å². The zero-order chi connectivity index (χ0) is 11.8. The zero-order valence-electron chi connectivity index (χ0n) is 9.44. The van der Waals surface area contributed by atoms with Gasteiger partial charge < -0.3 is 9.26 Å². The fourth-order valence-corrected chi connectivity index (χ4v) is 1.38. The summed E-state index contributed by atoms with van der Waals surface area (Å²) in [7, 11) is 1.40. The molecular weight excluding hydrogens is 210 g/mol. The van der Waals surface area contributed by atoms with Gasteiger partial charge in [0.05, 0.1) is 7.11 Å². The summed E-state index contributed by atoms with van der Waals surface area (Å²) in [6.07, 6.45) is 5.90. The molecule has 0 aliphatic rings. The van der Waals surface area contributed by atoms with E-state index in [1.54, 1.807) is 10.9 Å². The maximum Gasteiger partial charge on any atom is 0.305 e. The lowest BCUT2D eigenvalue weighted by Crippen LogP contribution is -2.37. The van der Waals surface area contributed by atoms with Crippen LogP contribution in [0.15, 0.2) is 10.7 Å². The van der Waals surface area contributed by atoms with E-state index in [9.17, 15) is 4.79 Å². The molecule has 1 rings (SSSR count). The molecule has 1 N–H and O–H groups in total. The van der Waals surface area contributed by atoms with Gasteiger partial charge in [0, 0.05) is 12.8 Å². The molecule has 0 aliphatic heterocycles. The van der Waals surface area contributed by atoms with Crippen molar-refractivity contribution in [2.24, 2.45) is 0 Å². The lowest BCUT2D eigenvalue weighted by Gasteiger charge is -2.00. The number of rotatable bonds is 7. The Balaban J connectivity index is 2.00. The Bertz CT molecular complexity index is 369. The first-order valence-electron chi connectivity index (χ1n) is 5.37. The standard InChI is InChI=1S/C10H17N3O3/c1-15-10(14)6-4-2-3-5-7-13-8-9(11)16-12-13/h8,11H,2-7H2,1H3. The maximum absolute atomic E-state index is 10.8. The van der Waals surface area contributed by atoms with Gasteiger partial charge in [-0.2, -0.15) is 0 Å². The topological polar surface area (TPSA) is 81.3 Å². The molecule has 0 radical (unpaired) electrons. The predicted molar refractivity (Wildman–Crippen MR) is 53.2 cm³/mol. The maximum atomic E-state index is 10.8. The fraction of sp³-hybridized carbons (Fsp3) is 0.700. The summed E-state index contributed by atoms with van der Waals surface area (Å²) < 4.78 is 10.8. The van der Waals surface area contributed by atoms with Gasteiger partial charge in [0.15, 0.2) is 0 Å². The van der Waals surface area contributed by atoms with Crippen LogP contribution in [-0.2, 0) is 16.1 Å². The number of methoxy groups -OCH3 is 1. The van der Waals surface area contributed by atoms with E-state index < -0.39 is 0 Å². The third-order valence-corrected chi connectivity index (χ3v) is 2.26. The van der Waals surface area contributed by atoms with Gasteiger partial charge in [0.25, 0.3) is 5.55 Å². The quantitative estimate of drug-likeness (QED) is 0.408. The van der Waals surface area contributed by atoms with E-state index in [2.05, 4.69) is 14.5 Å². The van der Waals surface area contributed by atoms with Crippen molar-refractivity contribution in [2.45, 2.75) is 38.6 Å². The average molecular weight is 227 g/mol. The second-order valence-electron chi connectivity index (χ2n) is 3.57. The number of nitrogens with one attached hydrogen (secondary N) is 1. The smallest absolute Gasteiger partial charge is 0.305 e. The van der Waals surface area contributed by atoms with E-state index in [-0.39, 0.29) is 11.5 Å². The first kappa shape index (κ1) is 12.5. The highest BCUT2D eigenvalue weighted by molar-refractivity contribution is 5.68. The number of carbonyl (C=O) groups excluding carboxylic acids is 1. The van der Waals surface area contributed by atoms with Gasteiger partial charge in [-0.3, -0.25) is 15.5 Å².